The minimum atomic E-state index is -0.0453. The van der Waals surface area contributed by atoms with E-state index in [0.717, 1.165) is 67.9 Å². The van der Waals surface area contributed by atoms with Crippen LogP contribution in [0.15, 0.2) is 72.8 Å². The third-order valence-corrected chi connectivity index (χ3v) is 7.02. The highest BCUT2D eigenvalue weighted by atomic mass is 16.5. The number of imidazole rings is 1. The number of rotatable bonds is 15. The first-order valence-corrected chi connectivity index (χ1v) is 14.1. The topological polar surface area (TPSA) is 65.4 Å². The molecule has 6 heteroatoms. The molecular formula is C33H41N3O3. The van der Waals surface area contributed by atoms with Crippen LogP contribution < -0.4 is 14.8 Å². The molecule has 0 saturated carbocycles. The van der Waals surface area contributed by atoms with Crippen molar-refractivity contribution in [3.05, 3.63) is 89.7 Å². The first kappa shape index (κ1) is 28.2. The number of unbranched alkanes of at least 4 members (excludes halogenated alkanes) is 3. The molecule has 1 amide bonds. The Morgan fingerprint density at radius 2 is 1.67 bits per heavy atom. The summed E-state index contributed by atoms with van der Waals surface area (Å²) in [6.45, 7) is 6.72. The van der Waals surface area contributed by atoms with Crippen LogP contribution in [0, 0.1) is 0 Å². The summed E-state index contributed by atoms with van der Waals surface area (Å²) in [6, 6.07) is 23.9. The van der Waals surface area contributed by atoms with Crippen molar-refractivity contribution in [1.82, 2.24) is 14.9 Å². The van der Waals surface area contributed by atoms with Crippen molar-refractivity contribution in [2.75, 3.05) is 20.3 Å². The highest BCUT2D eigenvalue weighted by Gasteiger charge is 2.11. The molecule has 0 bridgehead atoms. The minimum Gasteiger partial charge on any atom is -0.497 e. The van der Waals surface area contributed by atoms with E-state index in [2.05, 4.69) is 66.2 Å². The second-order valence-corrected chi connectivity index (χ2v) is 10.2. The van der Waals surface area contributed by atoms with E-state index in [9.17, 15) is 4.79 Å². The molecule has 0 spiro atoms. The summed E-state index contributed by atoms with van der Waals surface area (Å²) in [5, 5.41) is 3.02. The molecule has 6 nitrogen and oxygen atoms in total. The van der Waals surface area contributed by atoms with Gasteiger partial charge in [0.25, 0.3) is 5.91 Å². The third kappa shape index (κ3) is 7.85. The van der Waals surface area contributed by atoms with Crippen LogP contribution in [0.25, 0.3) is 11.0 Å². The van der Waals surface area contributed by atoms with Gasteiger partial charge in [-0.1, -0.05) is 50.6 Å². The number of aryl methyl sites for hydroxylation is 2. The van der Waals surface area contributed by atoms with Gasteiger partial charge >= 0.3 is 0 Å². The Morgan fingerprint density at radius 1 is 0.897 bits per heavy atom. The number of carbonyl (C=O) groups excluding carboxylic acids is 1. The number of amides is 1. The lowest BCUT2D eigenvalue weighted by Crippen LogP contribution is -2.24. The summed E-state index contributed by atoms with van der Waals surface area (Å²) in [5.41, 5.74) is 4.17. The molecule has 1 heterocycles. The summed E-state index contributed by atoms with van der Waals surface area (Å²) in [5.74, 6) is 3.30. The molecule has 0 aliphatic heterocycles. The average Bonchev–Trinajstić information content (AvgIpc) is 3.32. The van der Waals surface area contributed by atoms with Crippen molar-refractivity contribution in [2.24, 2.45) is 0 Å². The summed E-state index contributed by atoms with van der Waals surface area (Å²) in [7, 11) is 1.62. The predicted molar refractivity (Wildman–Crippen MR) is 158 cm³/mol. The Labute approximate surface area is 232 Å². The Balaban J connectivity index is 1.22. The first-order valence-electron chi connectivity index (χ1n) is 14.1. The van der Waals surface area contributed by atoms with E-state index in [0.29, 0.717) is 24.6 Å². The number of ether oxygens (including phenoxy) is 2. The van der Waals surface area contributed by atoms with Crippen LogP contribution in [0.3, 0.4) is 0 Å². The molecule has 4 aromatic rings. The molecular weight excluding hydrogens is 486 g/mol. The smallest absolute Gasteiger partial charge is 0.251 e. The first-order chi connectivity index (χ1) is 19.1. The lowest BCUT2D eigenvalue weighted by molar-refractivity contribution is 0.0953. The number of hydrogen-bond acceptors (Lipinski definition) is 4. The maximum absolute atomic E-state index is 12.3. The molecule has 0 unspecified atom stereocenters. The lowest BCUT2D eigenvalue weighted by Gasteiger charge is -2.14. The SMILES string of the molecule is COc1ccc(C(=O)NCCCCCc2nc3ccccc3n2CCCCOc2ccccc2C(C)C)cc1. The standard InChI is InChI=1S/C33H41N3O3/c1-25(2)28-13-6-9-16-31(28)39-24-12-11-23-36-30-15-8-7-14-29(30)35-32(36)17-5-4-10-22-34-33(37)26-18-20-27(38-3)21-19-26/h6-9,13-16,18-21,25H,4-5,10-12,17,22-24H2,1-3H3,(H,34,37). The molecule has 3 aromatic carbocycles. The van der Waals surface area contributed by atoms with Crippen molar-refractivity contribution >= 4 is 16.9 Å². The maximum Gasteiger partial charge on any atom is 0.251 e. The van der Waals surface area contributed by atoms with E-state index in [1.165, 1.54) is 11.1 Å². The van der Waals surface area contributed by atoms with Crippen LogP contribution in [0.1, 0.15) is 73.6 Å². The molecule has 0 saturated heterocycles. The number of para-hydroxylation sites is 3. The van der Waals surface area contributed by atoms with Crippen LogP contribution in [0.2, 0.25) is 0 Å². The van der Waals surface area contributed by atoms with Gasteiger partial charge in [-0.15, -0.1) is 0 Å². The van der Waals surface area contributed by atoms with Crippen molar-refractivity contribution in [1.29, 1.82) is 0 Å². The molecule has 0 radical (unpaired) electrons. The third-order valence-electron chi connectivity index (χ3n) is 7.02. The number of nitrogens with one attached hydrogen (secondary N) is 1. The summed E-state index contributed by atoms with van der Waals surface area (Å²) < 4.78 is 13.7. The molecule has 1 aromatic heterocycles. The number of methoxy groups -OCH3 is 1. The fourth-order valence-electron chi connectivity index (χ4n) is 4.84. The van der Waals surface area contributed by atoms with E-state index in [-0.39, 0.29) is 5.91 Å². The van der Waals surface area contributed by atoms with Crippen molar-refractivity contribution in [2.45, 2.75) is 64.8 Å². The van der Waals surface area contributed by atoms with Gasteiger partial charge in [-0.2, -0.15) is 0 Å². The lowest BCUT2D eigenvalue weighted by atomic mass is 10.0. The van der Waals surface area contributed by atoms with Crippen LogP contribution in [0.5, 0.6) is 11.5 Å². The van der Waals surface area contributed by atoms with Gasteiger partial charge in [0.15, 0.2) is 0 Å². The largest absolute Gasteiger partial charge is 0.497 e. The fraction of sp³-hybridized carbons (Fsp3) is 0.394. The van der Waals surface area contributed by atoms with Crippen LogP contribution >= 0.6 is 0 Å². The molecule has 39 heavy (non-hydrogen) atoms. The van der Waals surface area contributed by atoms with Crippen LogP contribution in [-0.2, 0) is 13.0 Å². The number of aromatic nitrogens is 2. The van der Waals surface area contributed by atoms with Gasteiger partial charge in [-0.25, -0.2) is 4.98 Å². The highest BCUT2D eigenvalue weighted by molar-refractivity contribution is 5.94. The van der Waals surface area contributed by atoms with Gasteiger partial charge in [0.05, 0.1) is 24.8 Å². The zero-order valence-electron chi connectivity index (χ0n) is 23.5. The fourth-order valence-corrected chi connectivity index (χ4v) is 4.84. The monoisotopic (exact) mass is 527 g/mol. The highest BCUT2D eigenvalue weighted by Crippen LogP contribution is 2.26. The minimum absolute atomic E-state index is 0.0453. The molecule has 4 rings (SSSR count). The Morgan fingerprint density at radius 3 is 2.46 bits per heavy atom. The van der Waals surface area contributed by atoms with Crippen molar-refractivity contribution in [3.8, 4) is 11.5 Å². The Hall–Kier alpha value is -3.80. The average molecular weight is 528 g/mol. The van der Waals surface area contributed by atoms with E-state index in [4.69, 9.17) is 14.5 Å². The van der Waals surface area contributed by atoms with Gasteiger partial charge in [-0.3, -0.25) is 4.79 Å². The van der Waals surface area contributed by atoms with Gasteiger partial charge in [0.1, 0.15) is 17.3 Å². The van der Waals surface area contributed by atoms with E-state index in [1.807, 2.05) is 6.07 Å². The molecule has 1 N–H and O–H groups in total. The Bertz CT molecular complexity index is 1330. The van der Waals surface area contributed by atoms with Gasteiger partial charge < -0.3 is 19.4 Å². The zero-order chi connectivity index (χ0) is 27.5. The second-order valence-electron chi connectivity index (χ2n) is 10.2. The number of benzene rings is 3. The number of carbonyl (C=O) groups is 1. The number of fused-ring (bicyclic) bond motifs is 1. The second kappa shape index (κ2) is 14.4. The zero-order valence-corrected chi connectivity index (χ0v) is 23.5. The van der Waals surface area contributed by atoms with Crippen LogP contribution in [0.4, 0.5) is 0 Å². The molecule has 0 fully saturated rings. The molecule has 0 aliphatic rings. The quantitative estimate of drug-likeness (QED) is 0.166. The number of nitrogens with zero attached hydrogens (tertiary/aromatic N) is 2. The summed E-state index contributed by atoms with van der Waals surface area (Å²) in [4.78, 5) is 17.3. The molecule has 0 aliphatic carbocycles. The van der Waals surface area contributed by atoms with Crippen molar-refractivity contribution in [3.63, 3.8) is 0 Å². The maximum atomic E-state index is 12.3. The summed E-state index contributed by atoms with van der Waals surface area (Å²) >= 11 is 0. The normalized spacial score (nSPS) is 11.2. The molecule has 0 atom stereocenters. The molecule has 206 valence electrons. The van der Waals surface area contributed by atoms with Crippen molar-refractivity contribution < 1.29 is 14.3 Å². The van der Waals surface area contributed by atoms with E-state index in [1.54, 1.807) is 31.4 Å². The number of hydrogen-bond donors (Lipinski definition) is 1. The predicted octanol–water partition coefficient (Wildman–Crippen LogP) is 7.17. The van der Waals surface area contributed by atoms with Crippen LogP contribution in [-0.4, -0.2) is 35.7 Å². The summed E-state index contributed by atoms with van der Waals surface area (Å²) in [6.07, 6.45) is 5.98. The van der Waals surface area contributed by atoms with Gasteiger partial charge in [-0.05, 0) is 79.6 Å². The van der Waals surface area contributed by atoms with E-state index >= 15 is 0 Å². The Kier molecular flexibility index (Phi) is 10.4. The van der Waals surface area contributed by atoms with Gasteiger partial charge in [0, 0.05) is 25.1 Å². The van der Waals surface area contributed by atoms with E-state index < -0.39 is 0 Å². The van der Waals surface area contributed by atoms with Gasteiger partial charge in [0.2, 0.25) is 0 Å².